The highest BCUT2D eigenvalue weighted by Gasteiger charge is 2.18. The van der Waals surface area contributed by atoms with Gasteiger partial charge in [0.05, 0.1) is 12.0 Å². The first kappa shape index (κ1) is 36.4. The van der Waals surface area contributed by atoms with Gasteiger partial charge >= 0.3 is 22.2 Å². The third kappa shape index (κ3) is 10.8. The molecule has 0 saturated carbocycles. The summed E-state index contributed by atoms with van der Waals surface area (Å²) in [6.45, 7) is 3.87. The molecule has 4 amide bonds. The lowest BCUT2D eigenvalue weighted by Crippen LogP contribution is -2.19. The first-order valence-electron chi connectivity index (χ1n) is 16.2. The van der Waals surface area contributed by atoms with Crippen molar-refractivity contribution in [1.82, 2.24) is 0 Å². The number of rotatable bonds is 12. The Balaban J connectivity index is 0.982. The van der Waals surface area contributed by atoms with Gasteiger partial charge in [-0.05, 0) is 122 Å². The monoisotopic (exact) mass is 746 g/mol. The normalized spacial score (nSPS) is 10.8. The van der Waals surface area contributed by atoms with Crippen LogP contribution in [0.15, 0.2) is 155 Å². The molecule has 13 heteroatoms. The molecular formula is C40H34N4O7S2. The highest BCUT2D eigenvalue weighted by Crippen LogP contribution is 2.30. The molecule has 0 aliphatic heterocycles. The Morgan fingerprint density at radius 3 is 1.45 bits per heavy atom. The summed E-state index contributed by atoms with van der Waals surface area (Å²) in [5, 5.41) is 11.0. The minimum Gasteiger partial charge on any atom is -0.457 e. The number of carbonyl (C=O) groups is 2. The second-order valence-corrected chi connectivity index (χ2v) is 14.1. The average Bonchev–Trinajstić information content (AvgIpc) is 3.12. The highest BCUT2D eigenvalue weighted by molar-refractivity contribution is 7.95. The van der Waals surface area contributed by atoms with Crippen molar-refractivity contribution < 1.29 is 31.1 Å². The van der Waals surface area contributed by atoms with E-state index in [4.69, 9.17) is 13.1 Å². The van der Waals surface area contributed by atoms with Crippen molar-refractivity contribution in [2.45, 2.75) is 23.6 Å². The molecular weight excluding hydrogens is 713 g/mol. The summed E-state index contributed by atoms with van der Waals surface area (Å²) in [7, 11) is -4.18. The van der Waals surface area contributed by atoms with E-state index in [2.05, 4.69) is 21.3 Å². The van der Waals surface area contributed by atoms with Gasteiger partial charge in [-0.15, -0.1) is 0 Å². The quantitative estimate of drug-likeness (QED) is 0.0716. The number of hydrogen-bond donors (Lipinski definition) is 4. The first-order valence-corrected chi connectivity index (χ1v) is 18.4. The number of aryl methyl sites for hydroxylation is 2. The van der Waals surface area contributed by atoms with Crippen LogP contribution in [0.1, 0.15) is 11.1 Å². The molecule has 0 aliphatic rings. The smallest absolute Gasteiger partial charge is 0.339 e. The highest BCUT2D eigenvalue weighted by atomic mass is 32.2. The van der Waals surface area contributed by atoms with E-state index in [1.54, 1.807) is 54.6 Å². The maximum absolute atomic E-state index is 13.0. The molecule has 0 heterocycles. The van der Waals surface area contributed by atoms with E-state index in [0.29, 0.717) is 40.0 Å². The van der Waals surface area contributed by atoms with Gasteiger partial charge in [-0.25, -0.2) is 9.59 Å². The molecule has 0 bridgehead atoms. The van der Waals surface area contributed by atoms with Crippen LogP contribution in [0.2, 0.25) is 0 Å². The molecule has 4 N–H and O–H groups in total. The van der Waals surface area contributed by atoms with Crippen LogP contribution in [-0.2, 0) is 10.1 Å². The molecule has 6 aromatic rings. The van der Waals surface area contributed by atoms with Crippen molar-refractivity contribution in [3.8, 4) is 23.0 Å². The summed E-state index contributed by atoms with van der Waals surface area (Å²) in [6.07, 6.45) is 0. The van der Waals surface area contributed by atoms with Crippen molar-refractivity contribution in [2.24, 2.45) is 0 Å². The first-order chi connectivity index (χ1) is 25.6. The number of ether oxygens (including phenoxy) is 1. The van der Waals surface area contributed by atoms with Crippen LogP contribution in [0, 0.1) is 13.8 Å². The Morgan fingerprint density at radius 1 is 0.509 bits per heavy atom. The van der Waals surface area contributed by atoms with Crippen LogP contribution in [0.3, 0.4) is 0 Å². The number of benzene rings is 6. The van der Waals surface area contributed by atoms with Crippen molar-refractivity contribution >= 4 is 57.0 Å². The zero-order valence-electron chi connectivity index (χ0n) is 28.5. The molecule has 6 rings (SSSR count). The summed E-state index contributed by atoms with van der Waals surface area (Å²) in [6, 6.07) is 40.1. The van der Waals surface area contributed by atoms with Gasteiger partial charge in [0, 0.05) is 39.8 Å². The average molecular weight is 747 g/mol. The van der Waals surface area contributed by atoms with Crippen LogP contribution in [-0.4, -0.2) is 20.5 Å². The number of urea groups is 2. The van der Waals surface area contributed by atoms with E-state index < -0.39 is 16.1 Å². The van der Waals surface area contributed by atoms with Gasteiger partial charge in [0.1, 0.15) is 27.9 Å². The molecule has 0 aliphatic carbocycles. The zero-order chi connectivity index (χ0) is 37.2. The topological polar surface area (TPSA) is 144 Å². The van der Waals surface area contributed by atoms with Gasteiger partial charge in [0.15, 0.2) is 0 Å². The second kappa shape index (κ2) is 16.7. The van der Waals surface area contributed by atoms with Gasteiger partial charge in [0.2, 0.25) is 0 Å². The van der Waals surface area contributed by atoms with Crippen molar-refractivity contribution in [1.29, 1.82) is 0 Å². The third-order valence-electron chi connectivity index (χ3n) is 7.35. The van der Waals surface area contributed by atoms with Crippen molar-refractivity contribution in [2.75, 3.05) is 21.3 Å². The summed E-state index contributed by atoms with van der Waals surface area (Å²) in [4.78, 5) is 25.6. The molecule has 6 aromatic carbocycles. The lowest BCUT2D eigenvalue weighted by atomic mass is 10.2. The van der Waals surface area contributed by atoms with E-state index >= 15 is 0 Å². The molecule has 0 radical (unpaired) electrons. The van der Waals surface area contributed by atoms with Crippen LogP contribution in [0.25, 0.3) is 0 Å². The summed E-state index contributed by atoms with van der Waals surface area (Å²) >= 11 is 1.14. The Kier molecular flexibility index (Phi) is 11.5. The molecule has 0 aromatic heterocycles. The fourth-order valence-electron chi connectivity index (χ4n) is 4.93. The number of hydrogen-bond acceptors (Lipinski definition) is 8. The lowest BCUT2D eigenvalue weighted by molar-refractivity contribution is 0.261. The standard InChI is InChI=1S/C40H34N4O7S2/c1-27-7-3-9-29(23-27)41-39(45)43-31-11-5-13-35(25-31)50-52-37-19-15-33(16-20-37)49-34-17-21-38(22-18-34)53(47,48)51-36-14-6-12-32(26-36)44-40(46)42-30-10-4-8-28(2)24-30/h3-26H,1-2H3,(H2,41,43,45)(H2,42,44,46). The minimum absolute atomic E-state index is 0.0336. The fourth-order valence-corrected chi connectivity index (χ4v) is 6.39. The van der Waals surface area contributed by atoms with Gasteiger partial charge in [-0.2, -0.15) is 8.42 Å². The lowest BCUT2D eigenvalue weighted by Gasteiger charge is -2.11. The van der Waals surface area contributed by atoms with Crippen LogP contribution < -0.4 is 34.4 Å². The predicted molar refractivity (Wildman–Crippen MR) is 208 cm³/mol. The zero-order valence-corrected chi connectivity index (χ0v) is 30.2. The number of amides is 4. The Hall–Kier alpha value is -6.44. The van der Waals surface area contributed by atoms with Gasteiger partial charge in [-0.3, -0.25) is 0 Å². The number of nitrogens with one attached hydrogen (secondary N) is 4. The van der Waals surface area contributed by atoms with Crippen molar-refractivity contribution in [3.05, 3.63) is 157 Å². The largest absolute Gasteiger partial charge is 0.457 e. The number of anilines is 4. The maximum atomic E-state index is 13.0. The SMILES string of the molecule is Cc1cccc(NC(=O)Nc2cccc(OSc3ccc(Oc4ccc(S(=O)(=O)Oc5cccc(NC(=O)Nc6cccc(C)c6)c5)cc4)cc3)c2)c1. The van der Waals surface area contributed by atoms with Crippen LogP contribution in [0.5, 0.6) is 23.0 Å². The van der Waals surface area contributed by atoms with Gasteiger partial charge in [0.25, 0.3) is 0 Å². The Bertz CT molecular complexity index is 2340. The maximum Gasteiger partial charge on any atom is 0.339 e. The molecule has 0 saturated heterocycles. The Labute approximate surface area is 311 Å². The van der Waals surface area contributed by atoms with Crippen LogP contribution >= 0.6 is 12.0 Å². The minimum atomic E-state index is -4.18. The van der Waals surface area contributed by atoms with E-state index in [-0.39, 0.29) is 16.7 Å². The van der Waals surface area contributed by atoms with Gasteiger partial charge in [-0.1, -0.05) is 36.4 Å². The summed E-state index contributed by atoms with van der Waals surface area (Å²) < 4.78 is 43.2. The number of carbonyl (C=O) groups excluding carboxylic acids is 2. The Morgan fingerprint density at radius 2 is 0.943 bits per heavy atom. The van der Waals surface area contributed by atoms with E-state index in [9.17, 15) is 18.0 Å². The molecule has 0 fully saturated rings. The van der Waals surface area contributed by atoms with E-state index in [1.807, 2.05) is 68.4 Å². The van der Waals surface area contributed by atoms with Crippen molar-refractivity contribution in [3.63, 3.8) is 0 Å². The van der Waals surface area contributed by atoms with Gasteiger partial charge < -0.3 is 34.4 Å². The van der Waals surface area contributed by atoms with E-state index in [1.165, 1.54) is 36.4 Å². The van der Waals surface area contributed by atoms with Crippen LogP contribution in [0.4, 0.5) is 32.3 Å². The molecule has 11 nitrogen and oxygen atoms in total. The molecule has 0 spiro atoms. The molecule has 53 heavy (non-hydrogen) atoms. The third-order valence-corrected chi connectivity index (χ3v) is 9.35. The molecule has 0 atom stereocenters. The summed E-state index contributed by atoms with van der Waals surface area (Å²) in [5.74, 6) is 1.53. The summed E-state index contributed by atoms with van der Waals surface area (Å²) in [5.41, 5.74) is 4.29. The van der Waals surface area contributed by atoms with E-state index in [0.717, 1.165) is 28.1 Å². The molecule has 268 valence electrons. The molecule has 0 unspecified atom stereocenters. The predicted octanol–water partition coefficient (Wildman–Crippen LogP) is 10.2. The second-order valence-electron chi connectivity index (χ2n) is 11.7. The fraction of sp³-hybridized carbons (Fsp3) is 0.0500.